The highest BCUT2D eigenvalue weighted by molar-refractivity contribution is 8.04. The van der Waals surface area contributed by atoms with Crippen LogP contribution in [-0.4, -0.2) is 54.2 Å². The van der Waals surface area contributed by atoms with Gasteiger partial charge in [0.2, 0.25) is 0 Å². The molecule has 0 aliphatic rings. The van der Waals surface area contributed by atoms with Gasteiger partial charge in [0.05, 0.1) is 60.3 Å². The number of benzene rings is 4. The van der Waals surface area contributed by atoms with Gasteiger partial charge in [0, 0.05) is 13.1 Å². The highest BCUT2D eigenvalue weighted by atomic mass is 35.5. The maximum absolute atomic E-state index is 14.0. The van der Waals surface area contributed by atoms with Crippen molar-refractivity contribution in [2.45, 2.75) is 38.8 Å². The number of unbranched alkanes of at least 4 members (excludes halogenated alkanes) is 2. The molecular weight excluding hydrogens is 1060 g/mol. The first-order valence-electron chi connectivity index (χ1n) is 14.4. The molecule has 0 aliphatic heterocycles. The minimum absolute atomic E-state index is 0.0765. The van der Waals surface area contributed by atoms with E-state index in [9.17, 15) is 33.7 Å². The third-order valence-corrected chi connectivity index (χ3v) is 20.7. The first-order chi connectivity index (χ1) is 25.3. The average Bonchev–Trinajstić information content (AvgIpc) is 3.06. The Labute approximate surface area is 377 Å². The number of hydrogen-bond acceptors (Lipinski definition) is 8. The van der Waals surface area contributed by atoms with Crippen LogP contribution in [0.1, 0.15) is 19.3 Å². The maximum atomic E-state index is 14.0. The first kappa shape index (κ1) is 47.8. The van der Waals surface area contributed by atoms with Gasteiger partial charge in [0.1, 0.15) is 19.6 Å². The van der Waals surface area contributed by atoms with Crippen LogP contribution in [0.5, 0.6) is 0 Å². The molecule has 0 heterocycles. The van der Waals surface area contributed by atoms with E-state index in [0.29, 0.717) is 0 Å². The topological polar surface area (TPSA) is 143 Å². The fraction of sp³-hybridized carbons (Fsp3) is 0.172. The molecule has 0 atom stereocenters. The Morgan fingerprint density at radius 1 is 0.291 bits per heavy atom. The van der Waals surface area contributed by atoms with Crippen molar-refractivity contribution in [3.63, 3.8) is 0 Å². The van der Waals surface area contributed by atoms with E-state index in [-0.39, 0.29) is 66.9 Å². The molecule has 0 aliphatic carbocycles. The summed E-state index contributed by atoms with van der Waals surface area (Å²) in [6.45, 7) is -1.65. The monoisotopic (exact) mass is 1070 g/mol. The molecule has 0 radical (unpaired) electrons. The summed E-state index contributed by atoms with van der Waals surface area (Å²) < 4.78 is 112. The van der Waals surface area contributed by atoms with Crippen LogP contribution in [0.2, 0.25) is 60.3 Å². The Balaban J connectivity index is 1.75. The van der Waals surface area contributed by atoms with Gasteiger partial charge in [-0.3, -0.25) is 0 Å². The zero-order valence-corrected chi connectivity index (χ0v) is 38.8. The van der Waals surface area contributed by atoms with Crippen molar-refractivity contribution >= 4 is 179 Å². The first-order valence-corrected chi connectivity index (χ1v) is 24.7. The molecule has 300 valence electrons. The third kappa shape index (κ3) is 10.2. The van der Waals surface area contributed by atoms with E-state index in [0.717, 1.165) is 48.5 Å². The molecule has 0 saturated heterocycles. The van der Waals surface area contributed by atoms with Gasteiger partial charge in [-0.2, -0.15) is 0 Å². The Hall–Kier alpha value is 0.0800. The van der Waals surface area contributed by atoms with Crippen LogP contribution in [0.3, 0.4) is 0 Å². The summed E-state index contributed by atoms with van der Waals surface area (Å²) in [5, 5.41) is -3.57. The summed E-state index contributed by atoms with van der Waals surface area (Å²) in [6.07, 6.45) is -0.895. The lowest BCUT2D eigenvalue weighted by atomic mass is 10.2. The normalized spacial score (nSPS) is 12.9. The second-order valence-corrected chi connectivity index (χ2v) is 23.5. The van der Waals surface area contributed by atoms with Crippen molar-refractivity contribution in [3.05, 3.63) is 109 Å². The summed E-state index contributed by atoms with van der Waals surface area (Å²) in [5.41, 5.74) is 0. The highest BCUT2D eigenvalue weighted by Crippen LogP contribution is 2.40. The lowest BCUT2D eigenvalue weighted by Crippen LogP contribution is -2.39. The minimum atomic E-state index is -5.11. The second-order valence-electron chi connectivity index (χ2n) is 10.9. The molecule has 0 aromatic heterocycles. The molecule has 0 saturated carbocycles. The largest absolute Gasteiger partial charge is 0.257 e. The van der Waals surface area contributed by atoms with Gasteiger partial charge in [0.15, 0.2) is 0 Å². The molecule has 55 heavy (non-hydrogen) atoms. The summed E-state index contributed by atoms with van der Waals surface area (Å²) in [4.78, 5) is -2.99. The second kappa shape index (κ2) is 18.4. The van der Waals surface area contributed by atoms with E-state index >= 15 is 0 Å². The minimum Gasteiger partial charge on any atom is -0.206 e. The Morgan fingerprint density at radius 3 is 0.673 bits per heavy atom. The summed E-state index contributed by atoms with van der Waals surface area (Å²) in [6, 6.07) is 7.34. The predicted molar refractivity (Wildman–Crippen MR) is 222 cm³/mol. The highest BCUT2D eigenvalue weighted by Gasteiger charge is 2.41. The molecule has 0 fully saturated rings. The quantitative estimate of drug-likeness (QED) is 0.0897. The van der Waals surface area contributed by atoms with Gasteiger partial charge in [-0.1, -0.05) is 153 Å². The van der Waals surface area contributed by atoms with Crippen LogP contribution < -0.4 is 0 Å². The maximum Gasteiger partial charge on any atom is 0.257 e. The molecule has 0 unspecified atom stereocenters. The van der Waals surface area contributed by atoms with Crippen LogP contribution in [0.4, 0.5) is 0 Å². The molecule has 0 N–H and O–H groups in total. The van der Waals surface area contributed by atoms with E-state index in [1.807, 2.05) is 0 Å². The SMILES string of the molecule is O=S(=O)(c1cc(Cl)c(Cl)cc1Cl)N(CCCCCN(S(=O)(=O)c1cc(Cl)c(Cl)cc1Cl)S(=O)(=O)c1cc(Cl)c(Cl)cc1Cl)S(=O)(=O)c1cc(Cl)c(Cl)cc1Cl. The fourth-order valence-electron chi connectivity index (χ4n) is 4.64. The summed E-state index contributed by atoms with van der Waals surface area (Å²) >= 11 is 72.9. The van der Waals surface area contributed by atoms with Crippen molar-refractivity contribution in [2.24, 2.45) is 0 Å². The molecule has 0 spiro atoms. The number of sulfonamides is 4. The standard InChI is InChI=1S/C29H18Cl12N2O8S4/c30-14-6-22(38)26(10-18(14)34)52(44,45)42(53(46,47)27-11-19(35)15(31)7-23(27)39)4-2-1-3-5-43(54(48,49)28-12-20(36)16(32)8-24(28)40)55(50,51)29-13-21(37)17(33)9-25(29)41/h6-13H,1-5H2. The molecule has 26 heteroatoms. The Morgan fingerprint density at radius 2 is 0.473 bits per heavy atom. The van der Waals surface area contributed by atoms with Gasteiger partial charge >= 0.3 is 0 Å². The van der Waals surface area contributed by atoms with E-state index in [2.05, 4.69) is 0 Å². The van der Waals surface area contributed by atoms with E-state index in [1.165, 1.54) is 0 Å². The van der Waals surface area contributed by atoms with Crippen molar-refractivity contribution in [2.75, 3.05) is 13.1 Å². The van der Waals surface area contributed by atoms with Crippen molar-refractivity contribution < 1.29 is 33.7 Å². The zero-order valence-electron chi connectivity index (χ0n) is 26.5. The average molecular weight is 1080 g/mol. The molecule has 0 amide bonds. The van der Waals surface area contributed by atoms with Crippen LogP contribution in [0, 0.1) is 0 Å². The Bertz CT molecular complexity index is 2290. The smallest absolute Gasteiger partial charge is 0.206 e. The fourth-order valence-corrected chi connectivity index (χ4v) is 15.9. The summed E-state index contributed by atoms with van der Waals surface area (Å²) in [7, 11) is -20.4. The van der Waals surface area contributed by atoms with Crippen LogP contribution in [-0.2, 0) is 40.1 Å². The van der Waals surface area contributed by atoms with Gasteiger partial charge < -0.3 is 0 Å². The van der Waals surface area contributed by atoms with Crippen molar-refractivity contribution in [3.8, 4) is 0 Å². The van der Waals surface area contributed by atoms with Gasteiger partial charge in [-0.05, 0) is 61.4 Å². The predicted octanol–water partition coefficient (Wildman–Crippen LogP) is 12.2. The van der Waals surface area contributed by atoms with Crippen LogP contribution in [0.25, 0.3) is 0 Å². The molecule has 0 bridgehead atoms. The zero-order chi connectivity index (χ0) is 41.6. The number of rotatable bonds is 14. The Kier molecular flexibility index (Phi) is 15.9. The molecule has 4 aromatic rings. The molecule has 10 nitrogen and oxygen atoms in total. The van der Waals surface area contributed by atoms with E-state index in [1.54, 1.807) is 0 Å². The van der Waals surface area contributed by atoms with Crippen molar-refractivity contribution in [1.82, 2.24) is 7.42 Å². The van der Waals surface area contributed by atoms with Crippen LogP contribution >= 0.6 is 139 Å². The van der Waals surface area contributed by atoms with Gasteiger partial charge in [0.25, 0.3) is 40.1 Å². The lowest BCUT2D eigenvalue weighted by Gasteiger charge is -2.25. The molecule has 4 aromatic carbocycles. The summed E-state index contributed by atoms with van der Waals surface area (Å²) in [5.74, 6) is 0. The third-order valence-electron chi connectivity index (χ3n) is 7.26. The van der Waals surface area contributed by atoms with Crippen molar-refractivity contribution in [1.29, 1.82) is 0 Å². The van der Waals surface area contributed by atoms with Gasteiger partial charge in [-0.15, -0.1) is 0 Å². The number of hydrogen-bond donors (Lipinski definition) is 0. The van der Waals surface area contributed by atoms with E-state index < -0.39 is 92.9 Å². The lowest BCUT2D eigenvalue weighted by molar-refractivity contribution is 0.466. The molecule has 4 rings (SSSR count). The number of nitrogens with zero attached hydrogens (tertiary/aromatic N) is 2. The number of halogens is 12. The van der Waals surface area contributed by atoms with E-state index in [4.69, 9.17) is 139 Å². The van der Waals surface area contributed by atoms with Crippen LogP contribution in [0.15, 0.2) is 68.1 Å². The van der Waals surface area contributed by atoms with Gasteiger partial charge in [-0.25, -0.2) is 33.7 Å². The molecular formula is C29H18Cl12N2O8S4.